The first-order chi connectivity index (χ1) is 10.7. The van der Waals surface area contributed by atoms with Crippen LogP contribution in [0.4, 0.5) is 0 Å². The van der Waals surface area contributed by atoms with Crippen molar-refractivity contribution >= 4 is 11.8 Å². The van der Waals surface area contributed by atoms with Crippen LogP contribution in [0, 0.1) is 11.8 Å². The molecular formula is C18H30N2O2. The summed E-state index contributed by atoms with van der Waals surface area (Å²) in [5.41, 5.74) is 0. The van der Waals surface area contributed by atoms with Gasteiger partial charge in [0.2, 0.25) is 11.8 Å². The number of hydrogen-bond donors (Lipinski definition) is 0. The summed E-state index contributed by atoms with van der Waals surface area (Å²) in [6, 6.07) is -0.164. The van der Waals surface area contributed by atoms with Crippen molar-refractivity contribution in [1.82, 2.24) is 9.80 Å². The van der Waals surface area contributed by atoms with Gasteiger partial charge >= 0.3 is 0 Å². The molecule has 2 heterocycles. The van der Waals surface area contributed by atoms with Crippen LogP contribution < -0.4 is 0 Å². The molecular weight excluding hydrogens is 276 g/mol. The second kappa shape index (κ2) is 7.01. The Hall–Kier alpha value is -1.06. The van der Waals surface area contributed by atoms with Gasteiger partial charge in [0.15, 0.2) is 0 Å². The number of carbonyl (C=O) groups is 2. The molecule has 3 rings (SSSR count). The summed E-state index contributed by atoms with van der Waals surface area (Å²) in [4.78, 5) is 29.6. The van der Waals surface area contributed by atoms with Crippen molar-refractivity contribution in [1.29, 1.82) is 0 Å². The Labute approximate surface area is 134 Å². The molecule has 124 valence electrons. The van der Waals surface area contributed by atoms with E-state index in [1.165, 1.54) is 19.3 Å². The lowest BCUT2D eigenvalue weighted by Gasteiger charge is -2.36. The molecule has 0 radical (unpaired) electrons. The quantitative estimate of drug-likeness (QED) is 0.787. The molecule has 0 aromatic carbocycles. The van der Waals surface area contributed by atoms with E-state index >= 15 is 0 Å². The topological polar surface area (TPSA) is 40.6 Å². The second-order valence-corrected chi connectivity index (χ2v) is 7.53. The smallest absolute Gasteiger partial charge is 0.245 e. The maximum Gasteiger partial charge on any atom is 0.245 e. The Morgan fingerprint density at radius 2 is 1.45 bits per heavy atom. The zero-order valence-corrected chi connectivity index (χ0v) is 13.9. The number of rotatable bonds is 2. The predicted molar refractivity (Wildman–Crippen MR) is 86.3 cm³/mol. The van der Waals surface area contributed by atoms with Crippen molar-refractivity contribution in [2.75, 3.05) is 19.6 Å². The van der Waals surface area contributed by atoms with Crippen LogP contribution >= 0.6 is 0 Å². The summed E-state index contributed by atoms with van der Waals surface area (Å²) in [7, 11) is 0. The molecule has 1 saturated carbocycles. The zero-order chi connectivity index (χ0) is 15.5. The highest BCUT2D eigenvalue weighted by Gasteiger charge is 2.39. The molecule has 0 aromatic rings. The van der Waals surface area contributed by atoms with Crippen LogP contribution in [0.2, 0.25) is 0 Å². The number of piperidine rings is 1. The van der Waals surface area contributed by atoms with Crippen molar-refractivity contribution in [3.05, 3.63) is 0 Å². The molecule has 4 heteroatoms. The predicted octanol–water partition coefficient (Wildman–Crippen LogP) is 2.82. The van der Waals surface area contributed by atoms with Gasteiger partial charge in [0, 0.05) is 25.6 Å². The monoisotopic (exact) mass is 306 g/mol. The molecule has 2 aliphatic heterocycles. The Bertz CT molecular complexity index is 409. The van der Waals surface area contributed by atoms with E-state index in [0.717, 1.165) is 64.1 Å². The van der Waals surface area contributed by atoms with Crippen LogP contribution in [-0.2, 0) is 9.59 Å². The minimum absolute atomic E-state index is 0.164. The Balaban J connectivity index is 1.62. The number of carbonyl (C=O) groups excluding carboxylic acids is 2. The highest BCUT2D eigenvalue weighted by atomic mass is 16.2. The molecule has 0 bridgehead atoms. The van der Waals surface area contributed by atoms with E-state index in [1.54, 1.807) is 0 Å². The van der Waals surface area contributed by atoms with Crippen molar-refractivity contribution in [2.45, 2.75) is 70.8 Å². The standard InChI is InChI=1S/C18H30N2O2/c1-14-9-12-19(13-10-14)18(22)16-8-5-11-20(16)17(21)15-6-3-2-4-7-15/h14-16H,2-13H2,1H3/t16-/m0/s1. The summed E-state index contributed by atoms with van der Waals surface area (Å²) >= 11 is 0. The van der Waals surface area contributed by atoms with Gasteiger partial charge < -0.3 is 9.80 Å². The third-order valence-corrected chi connectivity index (χ3v) is 5.87. The molecule has 0 aromatic heterocycles. The minimum Gasteiger partial charge on any atom is -0.341 e. The van der Waals surface area contributed by atoms with Crippen LogP contribution in [0.25, 0.3) is 0 Å². The second-order valence-electron chi connectivity index (χ2n) is 7.53. The first-order valence-corrected chi connectivity index (χ1v) is 9.26. The number of likely N-dealkylation sites (tertiary alicyclic amines) is 2. The fraction of sp³-hybridized carbons (Fsp3) is 0.889. The molecule has 2 amide bonds. The van der Waals surface area contributed by atoms with Gasteiger partial charge in [-0.3, -0.25) is 9.59 Å². The van der Waals surface area contributed by atoms with E-state index in [1.807, 2.05) is 9.80 Å². The Morgan fingerprint density at radius 3 is 2.14 bits per heavy atom. The largest absolute Gasteiger partial charge is 0.341 e. The van der Waals surface area contributed by atoms with Crippen LogP contribution in [0.3, 0.4) is 0 Å². The normalized spacial score (nSPS) is 28.1. The number of hydrogen-bond acceptors (Lipinski definition) is 2. The number of amides is 2. The fourth-order valence-corrected chi connectivity index (χ4v) is 4.31. The van der Waals surface area contributed by atoms with E-state index in [0.29, 0.717) is 0 Å². The van der Waals surface area contributed by atoms with Crippen molar-refractivity contribution in [3.63, 3.8) is 0 Å². The van der Waals surface area contributed by atoms with Crippen molar-refractivity contribution < 1.29 is 9.59 Å². The molecule has 1 aliphatic carbocycles. The first-order valence-electron chi connectivity index (χ1n) is 9.26. The van der Waals surface area contributed by atoms with Gasteiger partial charge in [0.1, 0.15) is 6.04 Å². The average molecular weight is 306 g/mol. The first kappa shape index (κ1) is 15.8. The Morgan fingerprint density at radius 1 is 0.773 bits per heavy atom. The summed E-state index contributed by atoms with van der Waals surface area (Å²) in [5.74, 6) is 1.39. The van der Waals surface area contributed by atoms with Gasteiger partial charge in [-0.05, 0) is 44.4 Å². The summed E-state index contributed by atoms with van der Waals surface area (Å²) in [6.07, 6.45) is 9.72. The van der Waals surface area contributed by atoms with Crippen LogP contribution in [0.15, 0.2) is 0 Å². The fourth-order valence-electron chi connectivity index (χ4n) is 4.31. The van der Waals surface area contributed by atoms with Crippen LogP contribution in [0.1, 0.15) is 64.7 Å². The zero-order valence-electron chi connectivity index (χ0n) is 13.9. The molecule has 0 unspecified atom stereocenters. The molecule has 3 fully saturated rings. The van der Waals surface area contributed by atoms with E-state index in [2.05, 4.69) is 6.92 Å². The van der Waals surface area contributed by atoms with E-state index in [4.69, 9.17) is 0 Å². The van der Waals surface area contributed by atoms with Gasteiger partial charge in [-0.2, -0.15) is 0 Å². The van der Waals surface area contributed by atoms with Crippen molar-refractivity contribution in [2.24, 2.45) is 11.8 Å². The molecule has 0 N–H and O–H groups in total. The molecule has 22 heavy (non-hydrogen) atoms. The third kappa shape index (κ3) is 3.31. The summed E-state index contributed by atoms with van der Waals surface area (Å²) in [5, 5.41) is 0. The maximum atomic E-state index is 12.8. The maximum absolute atomic E-state index is 12.8. The molecule has 4 nitrogen and oxygen atoms in total. The highest BCUT2D eigenvalue weighted by molar-refractivity contribution is 5.89. The molecule has 0 spiro atoms. The summed E-state index contributed by atoms with van der Waals surface area (Å²) in [6.45, 7) is 4.80. The van der Waals surface area contributed by atoms with Crippen LogP contribution in [-0.4, -0.2) is 47.3 Å². The van der Waals surface area contributed by atoms with Gasteiger partial charge in [0.25, 0.3) is 0 Å². The molecule has 3 aliphatic rings. The Kier molecular flexibility index (Phi) is 5.04. The highest BCUT2D eigenvalue weighted by Crippen LogP contribution is 2.30. The molecule has 2 saturated heterocycles. The molecule has 1 atom stereocenters. The van der Waals surface area contributed by atoms with E-state index in [9.17, 15) is 9.59 Å². The van der Waals surface area contributed by atoms with Gasteiger partial charge in [0.05, 0.1) is 0 Å². The summed E-state index contributed by atoms with van der Waals surface area (Å²) < 4.78 is 0. The van der Waals surface area contributed by atoms with Crippen molar-refractivity contribution in [3.8, 4) is 0 Å². The van der Waals surface area contributed by atoms with Crippen LogP contribution in [0.5, 0.6) is 0 Å². The van der Waals surface area contributed by atoms with E-state index in [-0.39, 0.29) is 23.8 Å². The third-order valence-electron chi connectivity index (χ3n) is 5.87. The minimum atomic E-state index is -0.164. The van der Waals surface area contributed by atoms with Gasteiger partial charge in [-0.25, -0.2) is 0 Å². The van der Waals surface area contributed by atoms with E-state index < -0.39 is 0 Å². The van der Waals surface area contributed by atoms with Gasteiger partial charge in [-0.15, -0.1) is 0 Å². The average Bonchev–Trinajstić information content (AvgIpc) is 3.04. The number of nitrogens with zero attached hydrogens (tertiary/aromatic N) is 2. The lowest BCUT2D eigenvalue weighted by molar-refractivity contribution is -0.147. The van der Waals surface area contributed by atoms with Gasteiger partial charge in [-0.1, -0.05) is 26.2 Å². The lowest BCUT2D eigenvalue weighted by Crippen LogP contribution is -2.51. The lowest BCUT2D eigenvalue weighted by atomic mass is 9.88. The SMILES string of the molecule is CC1CCN(C(=O)[C@@H]2CCCN2C(=O)C2CCCCC2)CC1.